The van der Waals surface area contributed by atoms with Crippen molar-refractivity contribution in [2.24, 2.45) is 11.8 Å². The van der Waals surface area contributed by atoms with Crippen LogP contribution in [0.3, 0.4) is 0 Å². The van der Waals surface area contributed by atoms with Gasteiger partial charge in [-0.15, -0.1) is 0 Å². The highest BCUT2D eigenvalue weighted by atomic mass is 16.6. The average Bonchev–Trinajstić information content (AvgIpc) is 2.95. The lowest BCUT2D eigenvalue weighted by Crippen LogP contribution is -2.51. The normalized spacial score (nSPS) is 26.9. The van der Waals surface area contributed by atoms with Gasteiger partial charge in [0, 0.05) is 11.5 Å². The molecule has 6 heteroatoms. The second-order valence-electron chi connectivity index (χ2n) is 12.8. The SMILES string of the molecule is CC(C)(C)NC(=O)C1CCCCC1CC1OC(C)(C)N(C(=O)OC(C)(C)C)C1Cc1ccccc1. The number of amides is 2. The van der Waals surface area contributed by atoms with Crippen molar-refractivity contribution in [3.8, 4) is 0 Å². The van der Waals surface area contributed by atoms with E-state index in [9.17, 15) is 9.59 Å². The highest BCUT2D eigenvalue weighted by molar-refractivity contribution is 5.79. The van der Waals surface area contributed by atoms with E-state index < -0.39 is 11.3 Å². The molecule has 1 aromatic carbocycles. The molecule has 0 aromatic heterocycles. The Balaban J connectivity index is 1.87. The predicted octanol–water partition coefficient (Wildman–Crippen LogP) is 6.08. The van der Waals surface area contributed by atoms with E-state index in [0.717, 1.165) is 37.7 Å². The summed E-state index contributed by atoms with van der Waals surface area (Å²) >= 11 is 0. The van der Waals surface area contributed by atoms with Gasteiger partial charge in [-0.2, -0.15) is 0 Å². The van der Waals surface area contributed by atoms with Crippen molar-refractivity contribution in [1.29, 1.82) is 0 Å². The maximum Gasteiger partial charge on any atom is 0.412 e. The van der Waals surface area contributed by atoms with Gasteiger partial charge in [-0.05, 0) is 92.6 Å². The van der Waals surface area contributed by atoms with E-state index in [1.54, 1.807) is 4.90 Å². The van der Waals surface area contributed by atoms with Crippen LogP contribution in [0.15, 0.2) is 30.3 Å². The van der Waals surface area contributed by atoms with Gasteiger partial charge < -0.3 is 14.8 Å². The molecule has 35 heavy (non-hydrogen) atoms. The fourth-order valence-electron chi connectivity index (χ4n) is 5.62. The van der Waals surface area contributed by atoms with Gasteiger partial charge in [0.05, 0.1) is 12.1 Å². The molecule has 1 heterocycles. The van der Waals surface area contributed by atoms with Crippen LogP contribution in [0.25, 0.3) is 0 Å². The molecule has 1 saturated heterocycles. The Morgan fingerprint density at radius 3 is 2.29 bits per heavy atom. The molecular weight excluding hydrogens is 440 g/mol. The third kappa shape index (κ3) is 7.45. The molecule has 0 bridgehead atoms. The minimum Gasteiger partial charge on any atom is -0.444 e. The van der Waals surface area contributed by atoms with Crippen molar-refractivity contribution >= 4 is 12.0 Å². The Bertz CT molecular complexity index is 869. The molecule has 0 spiro atoms. The molecule has 2 fully saturated rings. The van der Waals surface area contributed by atoms with Crippen molar-refractivity contribution in [1.82, 2.24) is 10.2 Å². The molecule has 2 amide bonds. The van der Waals surface area contributed by atoms with Gasteiger partial charge in [0.1, 0.15) is 11.3 Å². The summed E-state index contributed by atoms with van der Waals surface area (Å²) in [6.45, 7) is 15.6. The summed E-state index contributed by atoms with van der Waals surface area (Å²) in [6, 6.07) is 10.1. The molecule has 1 aliphatic heterocycles. The van der Waals surface area contributed by atoms with Gasteiger partial charge in [0.2, 0.25) is 5.91 Å². The molecule has 1 saturated carbocycles. The lowest BCUT2D eigenvalue weighted by atomic mass is 9.74. The standard InChI is InChI=1S/C29H46N2O4/c1-27(2,3)30-25(32)22-17-13-12-16-21(22)19-24-23(18-20-14-10-9-11-15-20)31(29(7,8)34-24)26(33)35-28(4,5)6/h9-11,14-15,21-24H,12-13,16-19H2,1-8H3,(H,30,32). The smallest absolute Gasteiger partial charge is 0.412 e. The summed E-state index contributed by atoms with van der Waals surface area (Å²) in [4.78, 5) is 28.4. The van der Waals surface area contributed by atoms with Crippen LogP contribution >= 0.6 is 0 Å². The van der Waals surface area contributed by atoms with E-state index in [2.05, 4.69) is 17.4 Å². The van der Waals surface area contributed by atoms with Gasteiger partial charge in [-0.3, -0.25) is 9.69 Å². The number of carbonyl (C=O) groups is 2. The minimum absolute atomic E-state index is 0.0253. The molecule has 2 aliphatic rings. The number of benzene rings is 1. The molecule has 1 N–H and O–H groups in total. The predicted molar refractivity (Wildman–Crippen MR) is 139 cm³/mol. The van der Waals surface area contributed by atoms with E-state index in [0.29, 0.717) is 6.42 Å². The largest absolute Gasteiger partial charge is 0.444 e. The van der Waals surface area contributed by atoms with Crippen LogP contribution in [0, 0.1) is 11.8 Å². The van der Waals surface area contributed by atoms with Crippen molar-refractivity contribution in [3.63, 3.8) is 0 Å². The van der Waals surface area contributed by atoms with Gasteiger partial charge >= 0.3 is 6.09 Å². The zero-order valence-corrected chi connectivity index (χ0v) is 23.0. The summed E-state index contributed by atoms with van der Waals surface area (Å²) in [7, 11) is 0. The van der Waals surface area contributed by atoms with Crippen molar-refractivity contribution in [2.45, 2.75) is 123 Å². The van der Waals surface area contributed by atoms with Crippen LogP contribution < -0.4 is 5.32 Å². The van der Waals surface area contributed by atoms with Gasteiger partial charge in [0.25, 0.3) is 0 Å². The molecule has 6 nitrogen and oxygen atoms in total. The van der Waals surface area contributed by atoms with Gasteiger partial charge in [0.15, 0.2) is 0 Å². The topological polar surface area (TPSA) is 67.9 Å². The summed E-state index contributed by atoms with van der Waals surface area (Å²) < 4.78 is 12.4. The Labute approximate surface area is 212 Å². The average molecular weight is 487 g/mol. The maximum absolute atomic E-state index is 13.4. The molecule has 1 aromatic rings. The Morgan fingerprint density at radius 2 is 1.69 bits per heavy atom. The van der Waals surface area contributed by atoms with Crippen LogP contribution in [-0.4, -0.2) is 45.9 Å². The van der Waals surface area contributed by atoms with E-state index >= 15 is 0 Å². The number of hydrogen-bond acceptors (Lipinski definition) is 4. The van der Waals surface area contributed by atoms with E-state index in [-0.39, 0.29) is 41.5 Å². The highest BCUT2D eigenvalue weighted by Crippen LogP contribution is 2.42. The fraction of sp³-hybridized carbons (Fsp3) is 0.724. The Hall–Kier alpha value is -2.08. The first-order valence-electron chi connectivity index (χ1n) is 13.2. The summed E-state index contributed by atoms with van der Waals surface area (Å²) in [5, 5.41) is 3.20. The first kappa shape index (κ1) is 27.5. The zero-order chi connectivity index (χ0) is 26.0. The van der Waals surface area contributed by atoms with Crippen LogP contribution in [0.2, 0.25) is 0 Å². The van der Waals surface area contributed by atoms with E-state index in [1.807, 2.05) is 73.6 Å². The highest BCUT2D eigenvalue weighted by Gasteiger charge is 2.52. The number of carbonyl (C=O) groups excluding carboxylic acids is 2. The van der Waals surface area contributed by atoms with Gasteiger partial charge in [-0.1, -0.05) is 43.2 Å². The van der Waals surface area contributed by atoms with Crippen molar-refractivity contribution in [2.75, 3.05) is 0 Å². The Kier molecular flexibility index (Phi) is 8.25. The third-order valence-electron chi connectivity index (χ3n) is 6.94. The molecule has 3 rings (SSSR count). The number of ether oxygens (including phenoxy) is 2. The number of hydrogen-bond donors (Lipinski definition) is 1. The lowest BCUT2D eigenvalue weighted by molar-refractivity contribution is -0.130. The quantitative estimate of drug-likeness (QED) is 0.548. The summed E-state index contributed by atoms with van der Waals surface area (Å²) in [5.74, 6) is 0.342. The van der Waals surface area contributed by atoms with E-state index in [4.69, 9.17) is 9.47 Å². The summed E-state index contributed by atoms with van der Waals surface area (Å²) in [6.07, 6.45) is 5.02. The number of nitrogens with one attached hydrogen (secondary N) is 1. The summed E-state index contributed by atoms with van der Waals surface area (Å²) in [5.41, 5.74) is -0.497. The maximum atomic E-state index is 13.4. The van der Waals surface area contributed by atoms with Crippen LogP contribution in [-0.2, 0) is 20.7 Å². The first-order valence-corrected chi connectivity index (χ1v) is 13.2. The molecular formula is C29H46N2O4. The molecule has 4 unspecified atom stereocenters. The van der Waals surface area contributed by atoms with E-state index in [1.165, 1.54) is 0 Å². The monoisotopic (exact) mass is 486 g/mol. The minimum atomic E-state index is -0.801. The second kappa shape index (κ2) is 10.5. The number of rotatable bonds is 5. The molecule has 1 aliphatic carbocycles. The van der Waals surface area contributed by atoms with Crippen LogP contribution in [0.1, 0.15) is 93.1 Å². The second-order valence-corrected chi connectivity index (χ2v) is 12.8. The third-order valence-corrected chi connectivity index (χ3v) is 6.94. The molecule has 4 atom stereocenters. The molecule has 196 valence electrons. The zero-order valence-electron chi connectivity index (χ0n) is 23.0. The lowest BCUT2D eigenvalue weighted by Gasteiger charge is -2.36. The molecule has 0 radical (unpaired) electrons. The Morgan fingerprint density at radius 1 is 1.06 bits per heavy atom. The van der Waals surface area contributed by atoms with Crippen LogP contribution in [0.5, 0.6) is 0 Å². The van der Waals surface area contributed by atoms with Crippen LogP contribution in [0.4, 0.5) is 4.79 Å². The van der Waals surface area contributed by atoms with Crippen molar-refractivity contribution in [3.05, 3.63) is 35.9 Å². The van der Waals surface area contributed by atoms with Crippen molar-refractivity contribution < 1.29 is 19.1 Å². The van der Waals surface area contributed by atoms with Gasteiger partial charge in [-0.25, -0.2) is 4.79 Å². The fourth-order valence-corrected chi connectivity index (χ4v) is 5.62. The number of nitrogens with zero attached hydrogens (tertiary/aromatic N) is 1. The first-order chi connectivity index (χ1) is 16.2.